The molecule has 0 radical (unpaired) electrons. The Morgan fingerprint density at radius 1 is 1.05 bits per heavy atom. The van der Waals surface area contributed by atoms with E-state index in [0.29, 0.717) is 22.4 Å². The van der Waals surface area contributed by atoms with Crippen molar-refractivity contribution in [1.82, 2.24) is 4.98 Å². The minimum absolute atomic E-state index is 0.369. The smallest absolute Gasteiger partial charge is 0.146 e. The highest BCUT2D eigenvalue weighted by Crippen LogP contribution is 2.30. The molecule has 0 saturated carbocycles. The third kappa shape index (κ3) is 2.72. The first-order valence-corrected chi connectivity index (χ1v) is 7.04. The first-order chi connectivity index (χ1) is 9.76. The Hall–Kier alpha value is -1.77. The van der Waals surface area contributed by atoms with E-state index in [1.165, 1.54) is 0 Å². The normalized spacial score (nSPS) is 10.7. The van der Waals surface area contributed by atoms with Gasteiger partial charge in [0.1, 0.15) is 11.5 Å². The summed E-state index contributed by atoms with van der Waals surface area (Å²) < 4.78 is 5.86. The van der Waals surface area contributed by atoms with Crippen molar-refractivity contribution in [3.05, 3.63) is 65.3 Å². The third-order valence-corrected chi connectivity index (χ3v) is 3.49. The van der Waals surface area contributed by atoms with Crippen LogP contribution in [0.3, 0.4) is 0 Å². The number of pyridine rings is 1. The van der Waals surface area contributed by atoms with Gasteiger partial charge in [-0.25, -0.2) is 0 Å². The van der Waals surface area contributed by atoms with Crippen LogP contribution in [0.2, 0.25) is 5.02 Å². The Morgan fingerprint density at radius 2 is 1.90 bits per heavy atom. The summed E-state index contributed by atoms with van der Waals surface area (Å²) in [5.41, 5.74) is 1.83. The fourth-order valence-electron chi connectivity index (χ4n) is 1.97. The molecule has 0 atom stereocenters. The Kier molecular flexibility index (Phi) is 3.77. The van der Waals surface area contributed by atoms with Crippen LogP contribution in [0.5, 0.6) is 11.5 Å². The second kappa shape index (κ2) is 5.70. The maximum atomic E-state index is 6.00. The van der Waals surface area contributed by atoms with Crippen molar-refractivity contribution in [2.45, 2.75) is 5.88 Å². The monoisotopic (exact) mass is 303 g/mol. The van der Waals surface area contributed by atoms with Gasteiger partial charge in [0.15, 0.2) is 0 Å². The summed E-state index contributed by atoms with van der Waals surface area (Å²) in [6.45, 7) is 0. The zero-order chi connectivity index (χ0) is 13.9. The SMILES string of the molecule is ClCc1ccc(Cl)cc1Oc1cnc2ccccc2c1. The third-order valence-electron chi connectivity index (χ3n) is 2.97. The maximum absolute atomic E-state index is 6.00. The van der Waals surface area contributed by atoms with Gasteiger partial charge in [-0.05, 0) is 24.3 Å². The number of hydrogen-bond acceptors (Lipinski definition) is 2. The van der Waals surface area contributed by atoms with E-state index in [9.17, 15) is 0 Å². The van der Waals surface area contributed by atoms with Crippen molar-refractivity contribution in [1.29, 1.82) is 0 Å². The molecule has 3 aromatic rings. The molecule has 0 aliphatic carbocycles. The molecule has 0 spiro atoms. The second-order valence-corrected chi connectivity index (χ2v) is 5.06. The quantitative estimate of drug-likeness (QED) is 0.603. The van der Waals surface area contributed by atoms with Gasteiger partial charge in [0.2, 0.25) is 0 Å². The minimum atomic E-state index is 0.369. The Bertz CT molecular complexity index is 758. The van der Waals surface area contributed by atoms with Crippen LogP contribution in [0.25, 0.3) is 10.9 Å². The Morgan fingerprint density at radius 3 is 2.75 bits per heavy atom. The summed E-state index contributed by atoms with van der Waals surface area (Å²) in [7, 11) is 0. The zero-order valence-corrected chi connectivity index (χ0v) is 12.0. The molecule has 100 valence electrons. The van der Waals surface area contributed by atoms with Gasteiger partial charge in [0, 0.05) is 16.0 Å². The molecule has 0 unspecified atom stereocenters. The van der Waals surface area contributed by atoms with Gasteiger partial charge < -0.3 is 4.74 Å². The summed E-state index contributed by atoms with van der Waals surface area (Å²) in [5, 5.41) is 1.64. The molecule has 0 aliphatic rings. The average Bonchev–Trinajstić information content (AvgIpc) is 2.47. The van der Waals surface area contributed by atoms with Gasteiger partial charge in [-0.1, -0.05) is 35.9 Å². The van der Waals surface area contributed by atoms with Gasteiger partial charge in [0.25, 0.3) is 0 Å². The Labute approximate surface area is 126 Å². The molecular formula is C16H11Cl2NO. The molecule has 3 rings (SSSR count). The summed E-state index contributed by atoms with van der Waals surface area (Å²) in [6.07, 6.45) is 1.70. The first-order valence-electron chi connectivity index (χ1n) is 6.13. The largest absolute Gasteiger partial charge is 0.455 e. The lowest BCUT2D eigenvalue weighted by molar-refractivity contribution is 0.477. The number of benzene rings is 2. The number of aromatic nitrogens is 1. The Balaban J connectivity index is 1.98. The van der Waals surface area contributed by atoms with Crippen LogP contribution in [0.4, 0.5) is 0 Å². The van der Waals surface area contributed by atoms with E-state index in [1.807, 2.05) is 36.4 Å². The average molecular weight is 304 g/mol. The maximum Gasteiger partial charge on any atom is 0.146 e. The van der Waals surface area contributed by atoms with Crippen molar-refractivity contribution in [3.8, 4) is 11.5 Å². The van der Waals surface area contributed by atoms with Gasteiger partial charge in [-0.2, -0.15) is 0 Å². The summed E-state index contributed by atoms with van der Waals surface area (Å²) in [6, 6.07) is 15.2. The fraction of sp³-hybridized carbons (Fsp3) is 0.0625. The lowest BCUT2D eigenvalue weighted by Crippen LogP contribution is -1.91. The van der Waals surface area contributed by atoms with Crippen LogP contribution in [0, 0.1) is 0 Å². The van der Waals surface area contributed by atoms with Crippen LogP contribution in [0.1, 0.15) is 5.56 Å². The minimum Gasteiger partial charge on any atom is -0.455 e. The van der Waals surface area contributed by atoms with Crippen LogP contribution in [-0.4, -0.2) is 4.98 Å². The standard InChI is InChI=1S/C16H11Cl2NO/c17-9-12-5-6-13(18)8-16(12)20-14-7-11-3-1-2-4-15(11)19-10-14/h1-8,10H,9H2. The van der Waals surface area contributed by atoms with Crippen molar-refractivity contribution < 1.29 is 4.74 Å². The van der Waals surface area contributed by atoms with Crippen LogP contribution in [-0.2, 0) is 5.88 Å². The number of halogens is 2. The van der Waals surface area contributed by atoms with E-state index in [-0.39, 0.29) is 0 Å². The van der Waals surface area contributed by atoms with E-state index in [4.69, 9.17) is 27.9 Å². The number of para-hydroxylation sites is 1. The summed E-state index contributed by atoms with van der Waals surface area (Å²) >= 11 is 11.9. The highest BCUT2D eigenvalue weighted by Gasteiger charge is 2.06. The van der Waals surface area contributed by atoms with E-state index in [2.05, 4.69) is 4.98 Å². The van der Waals surface area contributed by atoms with E-state index in [1.54, 1.807) is 18.3 Å². The molecule has 1 aromatic heterocycles. The number of ether oxygens (including phenoxy) is 1. The molecule has 0 fully saturated rings. The molecule has 2 aromatic carbocycles. The molecule has 0 amide bonds. The van der Waals surface area contributed by atoms with Crippen molar-refractivity contribution in [2.75, 3.05) is 0 Å². The molecule has 1 heterocycles. The van der Waals surface area contributed by atoms with Gasteiger partial charge in [-0.3, -0.25) is 4.98 Å². The van der Waals surface area contributed by atoms with Crippen molar-refractivity contribution in [2.24, 2.45) is 0 Å². The number of rotatable bonds is 3. The van der Waals surface area contributed by atoms with Crippen LogP contribution >= 0.6 is 23.2 Å². The molecule has 0 bridgehead atoms. The predicted octanol–water partition coefficient (Wildman–Crippen LogP) is 5.42. The van der Waals surface area contributed by atoms with Gasteiger partial charge in [0.05, 0.1) is 17.6 Å². The fourth-order valence-corrected chi connectivity index (χ4v) is 2.35. The number of nitrogens with zero attached hydrogens (tertiary/aromatic N) is 1. The van der Waals surface area contributed by atoms with Gasteiger partial charge >= 0.3 is 0 Å². The summed E-state index contributed by atoms with van der Waals surface area (Å²) in [5.74, 6) is 1.69. The molecule has 0 N–H and O–H groups in total. The number of fused-ring (bicyclic) bond motifs is 1. The number of alkyl halides is 1. The topological polar surface area (TPSA) is 22.1 Å². The van der Waals surface area contributed by atoms with Crippen LogP contribution in [0.15, 0.2) is 54.7 Å². The highest BCUT2D eigenvalue weighted by atomic mass is 35.5. The lowest BCUT2D eigenvalue weighted by Gasteiger charge is -2.10. The zero-order valence-electron chi connectivity index (χ0n) is 10.5. The van der Waals surface area contributed by atoms with Crippen LogP contribution < -0.4 is 4.74 Å². The number of hydrogen-bond donors (Lipinski definition) is 0. The van der Waals surface area contributed by atoms with Crippen molar-refractivity contribution >= 4 is 34.1 Å². The van der Waals surface area contributed by atoms with E-state index >= 15 is 0 Å². The van der Waals surface area contributed by atoms with E-state index in [0.717, 1.165) is 16.5 Å². The van der Waals surface area contributed by atoms with E-state index < -0.39 is 0 Å². The molecule has 4 heteroatoms. The lowest BCUT2D eigenvalue weighted by atomic mass is 10.2. The molecule has 0 saturated heterocycles. The molecule has 2 nitrogen and oxygen atoms in total. The predicted molar refractivity (Wildman–Crippen MR) is 82.8 cm³/mol. The van der Waals surface area contributed by atoms with Gasteiger partial charge in [-0.15, -0.1) is 11.6 Å². The molecule has 20 heavy (non-hydrogen) atoms. The first kappa shape index (κ1) is 13.2. The molecular weight excluding hydrogens is 293 g/mol. The van der Waals surface area contributed by atoms with Crippen molar-refractivity contribution in [3.63, 3.8) is 0 Å². The highest BCUT2D eigenvalue weighted by molar-refractivity contribution is 6.30. The molecule has 0 aliphatic heterocycles. The summed E-state index contributed by atoms with van der Waals surface area (Å²) in [4.78, 5) is 4.36. The second-order valence-electron chi connectivity index (χ2n) is 4.35.